The number of H-pyrrole nitrogens is 1. The van der Waals surface area contributed by atoms with Crippen LogP contribution in [0.4, 0.5) is 0 Å². The Hall–Kier alpha value is -1.48. The number of aromatic amines is 1. The van der Waals surface area contributed by atoms with Crippen LogP contribution in [-0.2, 0) is 14.2 Å². The van der Waals surface area contributed by atoms with Gasteiger partial charge in [0.2, 0.25) is 0 Å². The first-order valence-electron chi connectivity index (χ1n) is 6.74. The average molecular weight is 300 g/mol. The summed E-state index contributed by atoms with van der Waals surface area (Å²) in [7, 11) is 1.48. The number of aliphatic hydroxyl groups is 1. The van der Waals surface area contributed by atoms with Crippen molar-refractivity contribution in [2.75, 3.05) is 13.7 Å². The Morgan fingerprint density at radius 1 is 1.43 bits per heavy atom. The summed E-state index contributed by atoms with van der Waals surface area (Å²) < 4.78 is 18.0. The fraction of sp³-hybridized carbons (Fsp3) is 0.692. The molecule has 0 saturated carbocycles. The van der Waals surface area contributed by atoms with E-state index >= 15 is 0 Å². The molecule has 2 rings (SSSR count). The van der Waals surface area contributed by atoms with Crippen molar-refractivity contribution in [1.82, 2.24) is 9.55 Å². The van der Waals surface area contributed by atoms with Gasteiger partial charge in [0.15, 0.2) is 6.23 Å². The highest BCUT2D eigenvalue weighted by molar-refractivity contribution is 4.94. The summed E-state index contributed by atoms with van der Waals surface area (Å²) in [4.78, 5) is 25.2. The molecule has 21 heavy (non-hydrogen) atoms. The zero-order chi connectivity index (χ0) is 15.6. The highest BCUT2D eigenvalue weighted by atomic mass is 16.6. The predicted octanol–water partition coefficient (Wildman–Crippen LogP) is -0.765. The maximum Gasteiger partial charge on any atom is 0.330 e. The van der Waals surface area contributed by atoms with E-state index in [0.717, 1.165) is 0 Å². The van der Waals surface area contributed by atoms with Gasteiger partial charge in [0.1, 0.15) is 18.3 Å². The fourth-order valence-corrected chi connectivity index (χ4v) is 2.44. The molecule has 1 aromatic rings. The molecule has 2 heterocycles. The van der Waals surface area contributed by atoms with Gasteiger partial charge >= 0.3 is 5.69 Å². The molecule has 0 aromatic carbocycles. The van der Waals surface area contributed by atoms with Gasteiger partial charge < -0.3 is 19.3 Å². The van der Waals surface area contributed by atoms with Gasteiger partial charge in [0.05, 0.1) is 12.7 Å². The Kier molecular flexibility index (Phi) is 4.94. The first-order chi connectivity index (χ1) is 9.97. The maximum absolute atomic E-state index is 11.9. The van der Waals surface area contributed by atoms with Crippen LogP contribution in [0.15, 0.2) is 21.9 Å². The van der Waals surface area contributed by atoms with E-state index in [4.69, 9.17) is 14.2 Å². The molecule has 1 aromatic heterocycles. The molecule has 8 nitrogen and oxygen atoms in total. The molecule has 8 heteroatoms. The molecule has 0 bridgehead atoms. The zero-order valence-electron chi connectivity index (χ0n) is 12.2. The number of aromatic nitrogens is 2. The van der Waals surface area contributed by atoms with Gasteiger partial charge in [0.25, 0.3) is 5.56 Å². The lowest BCUT2D eigenvalue weighted by Crippen LogP contribution is -2.41. The normalized spacial score (nSPS) is 29.2. The smallest absolute Gasteiger partial charge is 0.330 e. The minimum Gasteiger partial charge on any atom is -0.394 e. The predicted molar refractivity (Wildman–Crippen MR) is 73.1 cm³/mol. The summed E-state index contributed by atoms with van der Waals surface area (Å²) >= 11 is 0. The second kappa shape index (κ2) is 6.52. The van der Waals surface area contributed by atoms with Crippen molar-refractivity contribution < 1.29 is 19.3 Å². The van der Waals surface area contributed by atoms with Crippen molar-refractivity contribution in [2.24, 2.45) is 0 Å². The van der Waals surface area contributed by atoms with Crippen LogP contribution in [0.3, 0.4) is 0 Å². The number of ether oxygens (including phenoxy) is 3. The summed E-state index contributed by atoms with van der Waals surface area (Å²) in [5.41, 5.74) is -1.09. The number of methoxy groups -OCH3 is 1. The van der Waals surface area contributed by atoms with Crippen LogP contribution in [0.1, 0.15) is 20.1 Å². The third kappa shape index (κ3) is 3.24. The zero-order valence-corrected chi connectivity index (χ0v) is 12.2. The van der Waals surface area contributed by atoms with E-state index in [1.54, 1.807) is 0 Å². The molecule has 2 N–H and O–H groups in total. The summed E-state index contributed by atoms with van der Waals surface area (Å²) in [5.74, 6) is 0. The molecule has 0 radical (unpaired) electrons. The lowest BCUT2D eigenvalue weighted by molar-refractivity contribution is -0.0846. The monoisotopic (exact) mass is 300 g/mol. The number of aliphatic hydroxyl groups excluding tert-OH is 1. The standard InChI is InChI=1S/C13H20N2O6/c1-7(2)20-10-8(6-16)21-12(11(10)19-3)15-5-4-9(17)14-13(15)18/h4-5,7-8,10-12,16H,6H2,1-3H3,(H,14,17,18)/t8-,10?,11+,12-/m1/s1. The third-order valence-electron chi connectivity index (χ3n) is 3.29. The van der Waals surface area contributed by atoms with Crippen LogP contribution in [0.25, 0.3) is 0 Å². The van der Waals surface area contributed by atoms with Crippen LogP contribution in [-0.4, -0.2) is 52.8 Å². The van der Waals surface area contributed by atoms with E-state index in [1.165, 1.54) is 23.9 Å². The Bertz CT molecular complexity index is 581. The Balaban J connectivity index is 2.35. The summed E-state index contributed by atoms with van der Waals surface area (Å²) in [6, 6.07) is 1.22. The molecule has 0 aliphatic carbocycles. The largest absolute Gasteiger partial charge is 0.394 e. The van der Waals surface area contributed by atoms with E-state index < -0.39 is 35.8 Å². The molecule has 1 aliphatic rings. The maximum atomic E-state index is 11.9. The average Bonchev–Trinajstić information content (AvgIpc) is 2.75. The molecule has 0 spiro atoms. The van der Waals surface area contributed by atoms with Gasteiger partial charge in [-0.25, -0.2) is 4.79 Å². The Morgan fingerprint density at radius 3 is 2.67 bits per heavy atom. The number of nitrogens with zero attached hydrogens (tertiary/aromatic N) is 1. The highest BCUT2D eigenvalue weighted by Crippen LogP contribution is 2.32. The number of hydrogen-bond donors (Lipinski definition) is 2. The van der Waals surface area contributed by atoms with Crippen LogP contribution < -0.4 is 11.2 Å². The van der Waals surface area contributed by atoms with Crippen molar-refractivity contribution in [3.63, 3.8) is 0 Å². The molecule has 118 valence electrons. The molecule has 1 unspecified atom stereocenters. The van der Waals surface area contributed by atoms with Gasteiger partial charge in [-0.05, 0) is 13.8 Å². The van der Waals surface area contributed by atoms with Crippen molar-refractivity contribution in [3.05, 3.63) is 33.1 Å². The first kappa shape index (κ1) is 15.9. The number of hydrogen-bond acceptors (Lipinski definition) is 6. The SMILES string of the molecule is CO[C@H]1C(OC(C)C)[C@@H](CO)O[C@H]1n1ccc(=O)[nH]c1=O. The van der Waals surface area contributed by atoms with Crippen molar-refractivity contribution in [2.45, 2.75) is 44.5 Å². The lowest BCUT2D eigenvalue weighted by atomic mass is 10.1. The Labute approximate surface area is 121 Å². The topological polar surface area (TPSA) is 103 Å². The Morgan fingerprint density at radius 2 is 2.14 bits per heavy atom. The van der Waals surface area contributed by atoms with Crippen LogP contribution >= 0.6 is 0 Å². The van der Waals surface area contributed by atoms with Crippen LogP contribution in [0, 0.1) is 0 Å². The minimum absolute atomic E-state index is 0.0867. The van der Waals surface area contributed by atoms with Crippen molar-refractivity contribution in [3.8, 4) is 0 Å². The van der Waals surface area contributed by atoms with E-state index in [1.807, 2.05) is 13.8 Å². The van der Waals surface area contributed by atoms with E-state index in [2.05, 4.69) is 4.98 Å². The second-order valence-electron chi connectivity index (χ2n) is 5.11. The molecule has 1 saturated heterocycles. The summed E-state index contributed by atoms with van der Waals surface area (Å²) in [6.45, 7) is 3.47. The summed E-state index contributed by atoms with van der Waals surface area (Å²) in [5, 5.41) is 9.43. The number of rotatable bonds is 5. The molecule has 1 aliphatic heterocycles. The molecule has 0 amide bonds. The number of nitrogens with one attached hydrogen (secondary N) is 1. The second-order valence-corrected chi connectivity index (χ2v) is 5.11. The van der Waals surface area contributed by atoms with Crippen LogP contribution in [0.5, 0.6) is 0 Å². The van der Waals surface area contributed by atoms with Gasteiger partial charge in [-0.15, -0.1) is 0 Å². The lowest BCUT2D eigenvalue weighted by Gasteiger charge is -2.25. The van der Waals surface area contributed by atoms with Crippen LogP contribution in [0.2, 0.25) is 0 Å². The van der Waals surface area contributed by atoms with Crippen molar-refractivity contribution in [1.29, 1.82) is 0 Å². The van der Waals surface area contributed by atoms with Gasteiger partial charge in [-0.2, -0.15) is 0 Å². The summed E-state index contributed by atoms with van der Waals surface area (Å²) in [6.07, 6.45) is -1.22. The van der Waals surface area contributed by atoms with Crippen molar-refractivity contribution >= 4 is 0 Å². The van der Waals surface area contributed by atoms with E-state index in [-0.39, 0.29) is 12.7 Å². The van der Waals surface area contributed by atoms with Gasteiger partial charge in [-0.3, -0.25) is 14.3 Å². The van der Waals surface area contributed by atoms with Gasteiger partial charge in [-0.1, -0.05) is 0 Å². The molecular weight excluding hydrogens is 280 g/mol. The van der Waals surface area contributed by atoms with E-state index in [0.29, 0.717) is 0 Å². The first-order valence-corrected chi connectivity index (χ1v) is 6.74. The van der Waals surface area contributed by atoms with Gasteiger partial charge in [0, 0.05) is 19.4 Å². The quantitative estimate of drug-likeness (QED) is 0.740. The van der Waals surface area contributed by atoms with E-state index in [9.17, 15) is 14.7 Å². The molecular formula is C13H20N2O6. The minimum atomic E-state index is -0.778. The highest BCUT2D eigenvalue weighted by Gasteiger charge is 2.47. The molecule has 4 atom stereocenters. The third-order valence-corrected chi connectivity index (χ3v) is 3.29. The fourth-order valence-electron chi connectivity index (χ4n) is 2.44. The molecule has 1 fully saturated rings.